The second-order valence-corrected chi connectivity index (χ2v) is 19.0. The lowest BCUT2D eigenvalue weighted by Gasteiger charge is -2.04. The highest BCUT2D eigenvalue weighted by Crippen LogP contribution is 2.21. The number of hydrogen-bond donors (Lipinski definition) is 4. The van der Waals surface area contributed by atoms with E-state index in [4.69, 9.17) is 22.9 Å². The molecular formula is C68H62Br4N8O3. The second kappa shape index (κ2) is 31.1. The first-order chi connectivity index (χ1) is 37.3. The van der Waals surface area contributed by atoms with Crippen LogP contribution in [0, 0.1) is 23.7 Å². The standard InChI is InChI=1S/2C34H26N4.4BrH.3H2O/c2*35-31-19-21-37(33-7-3-1-5-29(31)33)23-27-15-11-25(12-16-27)9-10-26-13-17-28(18-14-26)24-38-22-20-32(36)30-6-2-4-8-34(30)38;;;;;;;/h2*1-8,11-22,35-36H,23-24H2;4*1H;3*1H2. The van der Waals surface area contributed by atoms with E-state index < -0.39 is 0 Å². The topological polar surface area (TPSA) is 214 Å². The normalized spacial score (nSPS) is 9.93. The number of aromatic nitrogens is 4. The summed E-state index contributed by atoms with van der Waals surface area (Å²) in [5.41, 5.74) is 41.2. The fourth-order valence-corrected chi connectivity index (χ4v) is 9.64. The minimum absolute atomic E-state index is 0. The van der Waals surface area contributed by atoms with Crippen LogP contribution in [-0.4, -0.2) is 16.4 Å². The Morgan fingerprint density at radius 1 is 0.241 bits per heavy atom. The Kier molecular flexibility index (Phi) is 25.1. The summed E-state index contributed by atoms with van der Waals surface area (Å²) >= 11 is 0. The van der Waals surface area contributed by atoms with Crippen LogP contribution in [0.25, 0.3) is 43.6 Å². The first-order valence-corrected chi connectivity index (χ1v) is 25.3. The Bertz CT molecular complexity index is 3700. The Balaban J connectivity index is 0.000000329. The average molecular weight is 1360 g/mol. The van der Waals surface area contributed by atoms with Gasteiger partial charge in [0.15, 0.2) is 51.0 Å². The van der Waals surface area contributed by atoms with Crippen molar-refractivity contribution in [1.29, 1.82) is 0 Å². The average Bonchev–Trinajstić information content (AvgIpc) is 3.60. The third-order valence-electron chi connectivity index (χ3n) is 13.8. The summed E-state index contributed by atoms with van der Waals surface area (Å²) in [5.74, 6) is 13.2. The quantitative estimate of drug-likeness (QED) is 0.0886. The molecule has 0 aliphatic rings. The number of nitrogen functional groups attached to an aromatic ring is 4. The van der Waals surface area contributed by atoms with E-state index in [0.29, 0.717) is 0 Å². The monoisotopic (exact) mass is 1350 g/mol. The van der Waals surface area contributed by atoms with Crippen LogP contribution >= 0.6 is 0 Å². The van der Waals surface area contributed by atoms with Crippen molar-refractivity contribution in [3.05, 3.63) is 288 Å². The van der Waals surface area contributed by atoms with Crippen molar-refractivity contribution in [3.8, 4) is 23.7 Å². The summed E-state index contributed by atoms with van der Waals surface area (Å²) in [6, 6.07) is 74.5. The maximum absolute atomic E-state index is 6.15. The van der Waals surface area contributed by atoms with Gasteiger partial charge in [-0.25, -0.2) is 0 Å². The minimum Gasteiger partial charge on any atom is -1.00 e. The van der Waals surface area contributed by atoms with E-state index in [1.165, 1.54) is 22.3 Å². The van der Waals surface area contributed by atoms with Crippen LogP contribution in [0.2, 0.25) is 0 Å². The highest BCUT2D eigenvalue weighted by atomic mass is 79.9. The molecule has 0 unspecified atom stereocenters. The minimum atomic E-state index is 0. The first kappa shape index (κ1) is 67.0. The zero-order chi connectivity index (χ0) is 51.8. The van der Waals surface area contributed by atoms with Gasteiger partial charge in [-0.3, -0.25) is 0 Å². The Morgan fingerprint density at radius 2 is 0.422 bits per heavy atom. The zero-order valence-electron chi connectivity index (χ0n) is 45.0. The predicted octanol–water partition coefficient (Wildman–Crippen LogP) is -4.00. The number of benzene rings is 8. The maximum Gasteiger partial charge on any atom is 0.214 e. The summed E-state index contributed by atoms with van der Waals surface area (Å²) in [6.45, 7) is 3.10. The van der Waals surface area contributed by atoms with Gasteiger partial charge in [0, 0.05) is 93.0 Å². The Labute approximate surface area is 525 Å². The van der Waals surface area contributed by atoms with Crippen molar-refractivity contribution in [3.63, 3.8) is 0 Å². The number of para-hydroxylation sites is 4. The molecule has 0 bridgehead atoms. The third-order valence-corrected chi connectivity index (χ3v) is 13.8. The molecule has 0 radical (unpaired) electrons. The van der Waals surface area contributed by atoms with Gasteiger partial charge in [-0.15, -0.1) is 0 Å². The molecular weight excluding hydrogens is 1300 g/mol. The van der Waals surface area contributed by atoms with E-state index in [0.717, 1.165) is 115 Å². The molecule has 0 aliphatic carbocycles. The molecule has 0 amide bonds. The summed E-state index contributed by atoms with van der Waals surface area (Å²) in [5, 5.41) is 4.29. The van der Waals surface area contributed by atoms with Crippen LogP contribution < -0.4 is 109 Å². The molecule has 0 aliphatic heterocycles. The molecule has 0 saturated heterocycles. The SMILES string of the molecule is Nc1cc[n+](Cc2ccc(C#Cc3ccc(C[n+]4ccc(N)c5ccccc54)cc3)cc2)c2ccccc12.Nc1cc[n+](Cc2ccc(C#Cc3ccc(C[n+]4ccc(N)c5ccccc54)cc3)cc2)c2ccccc12.O.O.O.[Br-].[Br-].[Br-].[Br-]. The van der Waals surface area contributed by atoms with Crippen LogP contribution in [-0.2, 0) is 26.2 Å². The van der Waals surface area contributed by atoms with Crippen molar-refractivity contribution in [1.82, 2.24) is 0 Å². The largest absolute Gasteiger partial charge is 1.00 e. The van der Waals surface area contributed by atoms with Gasteiger partial charge in [-0.2, -0.15) is 18.3 Å². The third kappa shape index (κ3) is 16.0. The van der Waals surface area contributed by atoms with Gasteiger partial charge in [-0.1, -0.05) is 121 Å². The second-order valence-electron chi connectivity index (χ2n) is 19.0. The van der Waals surface area contributed by atoms with Gasteiger partial charge < -0.3 is 107 Å². The lowest BCUT2D eigenvalue weighted by Crippen LogP contribution is -3.00. The van der Waals surface area contributed by atoms with Crippen molar-refractivity contribution in [2.45, 2.75) is 26.2 Å². The highest BCUT2D eigenvalue weighted by Gasteiger charge is 2.15. The van der Waals surface area contributed by atoms with Gasteiger partial charge >= 0.3 is 0 Å². The molecule has 4 aromatic heterocycles. The van der Waals surface area contributed by atoms with E-state index >= 15 is 0 Å². The van der Waals surface area contributed by atoms with Gasteiger partial charge in [0.2, 0.25) is 22.1 Å². The summed E-state index contributed by atoms with van der Waals surface area (Å²) in [6.07, 6.45) is 8.18. The van der Waals surface area contributed by atoms with Crippen molar-refractivity contribution in [2.24, 2.45) is 0 Å². The van der Waals surface area contributed by atoms with Crippen LogP contribution in [0.5, 0.6) is 0 Å². The summed E-state index contributed by atoms with van der Waals surface area (Å²) in [7, 11) is 0. The molecule has 0 fully saturated rings. The molecule has 12 rings (SSSR count). The predicted molar refractivity (Wildman–Crippen MR) is 319 cm³/mol. The van der Waals surface area contributed by atoms with Crippen molar-refractivity contribution >= 4 is 66.4 Å². The number of halogens is 4. The van der Waals surface area contributed by atoms with Crippen LogP contribution in [0.1, 0.15) is 44.5 Å². The van der Waals surface area contributed by atoms with Gasteiger partial charge in [0.05, 0.1) is 44.3 Å². The highest BCUT2D eigenvalue weighted by molar-refractivity contribution is 5.89. The number of fused-ring (bicyclic) bond motifs is 4. The Morgan fingerprint density at radius 3 is 0.614 bits per heavy atom. The number of nitrogens with zero attached hydrogens (tertiary/aromatic N) is 4. The molecule has 420 valence electrons. The van der Waals surface area contributed by atoms with Gasteiger partial charge in [-0.05, 0) is 72.8 Å². The maximum atomic E-state index is 6.15. The first-order valence-electron chi connectivity index (χ1n) is 25.3. The smallest absolute Gasteiger partial charge is 0.214 e. The van der Waals surface area contributed by atoms with Crippen LogP contribution in [0.15, 0.2) is 243 Å². The lowest BCUT2D eigenvalue weighted by atomic mass is 10.1. The fourth-order valence-electron chi connectivity index (χ4n) is 9.64. The molecule has 12 aromatic rings. The molecule has 14 N–H and O–H groups in total. The fraction of sp³-hybridized carbons (Fsp3) is 0.0588. The molecule has 0 spiro atoms. The number of anilines is 4. The molecule has 15 heteroatoms. The van der Waals surface area contributed by atoms with Crippen molar-refractivity contribution < 1.29 is 103 Å². The number of pyridine rings is 4. The summed E-state index contributed by atoms with van der Waals surface area (Å²) in [4.78, 5) is 0. The van der Waals surface area contributed by atoms with E-state index in [2.05, 4.69) is 188 Å². The molecule has 11 nitrogen and oxygen atoms in total. The number of nitrogens with two attached hydrogens (primary N) is 4. The van der Waals surface area contributed by atoms with Gasteiger partial charge in [0.25, 0.3) is 0 Å². The molecule has 8 aromatic carbocycles. The van der Waals surface area contributed by atoms with Crippen LogP contribution in [0.3, 0.4) is 0 Å². The summed E-state index contributed by atoms with van der Waals surface area (Å²) < 4.78 is 8.89. The van der Waals surface area contributed by atoms with E-state index in [-0.39, 0.29) is 84.4 Å². The molecule has 4 heterocycles. The van der Waals surface area contributed by atoms with Crippen molar-refractivity contribution in [2.75, 3.05) is 22.9 Å². The lowest BCUT2D eigenvalue weighted by molar-refractivity contribution is -0.662. The molecule has 0 atom stereocenters. The van der Waals surface area contributed by atoms with E-state index in [9.17, 15) is 0 Å². The molecule has 0 saturated carbocycles. The van der Waals surface area contributed by atoms with E-state index in [1.54, 1.807) is 0 Å². The zero-order valence-corrected chi connectivity index (χ0v) is 51.4. The Hall–Kier alpha value is -8.48. The number of rotatable bonds is 8. The van der Waals surface area contributed by atoms with Gasteiger partial charge in [0.1, 0.15) is 0 Å². The molecule has 83 heavy (non-hydrogen) atoms. The van der Waals surface area contributed by atoms with Crippen LogP contribution in [0.4, 0.5) is 22.7 Å². The number of hydrogen-bond acceptors (Lipinski definition) is 4. The van der Waals surface area contributed by atoms with E-state index in [1.807, 2.05) is 97.6 Å².